The van der Waals surface area contributed by atoms with Gasteiger partial charge in [-0.25, -0.2) is 4.79 Å². The molecule has 0 aliphatic heterocycles. The van der Waals surface area contributed by atoms with Crippen molar-refractivity contribution in [2.45, 2.75) is 6.18 Å². The van der Waals surface area contributed by atoms with Crippen molar-refractivity contribution >= 4 is 37.8 Å². The Bertz CT molecular complexity index is 618. The molecule has 112 valence electrons. The van der Waals surface area contributed by atoms with Gasteiger partial charge < -0.3 is 5.11 Å². The van der Waals surface area contributed by atoms with Crippen LogP contribution in [0.1, 0.15) is 10.4 Å². The third-order valence-electron chi connectivity index (χ3n) is 1.91. The SMILES string of the molecule is O=C(O)c1cc(NS(=O)(=O)NCC(F)(F)F)ccc1Br. The van der Waals surface area contributed by atoms with Crippen LogP contribution in [0.2, 0.25) is 0 Å². The Kier molecular flexibility index (Phi) is 5.00. The van der Waals surface area contributed by atoms with Gasteiger partial charge in [0.05, 0.1) is 11.3 Å². The van der Waals surface area contributed by atoms with Gasteiger partial charge in [-0.15, -0.1) is 0 Å². The number of hydrogen-bond acceptors (Lipinski definition) is 3. The minimum atomic E-state index is -4.69. The molecule has 0 saturated carbocycles. The van der Waals surface area contributed by atoms with Gasteiger partial charge in [-0.05, 0) is 34.1 Å². The summed E-state index contributed by atoms with van der Waals surface area (Å²) in [4.78, 5) is 10.8. The molecule has 0 atom stereocenters. The summed E-state index contributed by atoms with van der Waals surface area (Å²) in [6, 6.07) is 3.42. The first kappa shape index (κ1) is 16.7. The molecule has 20 heavy (non-hydrogen) atoms. The molecule has 0 amide bonds. The van der Waals surface area contributed by atoms with E-state index in [9.17, 15) is 26.4 Å². The predicted octanol–water partition coefficient (Wildman–Crippen LogP) is 1.96. The van der Waals surface area contributed by atoms with Crippen molar-refractivity contribution in [3.05, 3.63) is 28.2 Å². The number of carbonyl (C=O) groups is 1. The van der Waals surface area contributed by atoms with Crippen LogP contribution in [0.5, 0.6) is 0 Å². The molecule has 0 radical (unpaired) electrons. The standard InChI is InChI=1S/C9H8BrF3N2O4S/c10-7-2-1-5(3-6(7)8(16)17)15-20(18,19)14-4-9(11,12)13/h1-3,14-15H,4H2,(H,16,17). The first-order valence-electron chi connectivity index (χ1n) is 4.87. The second-order valence-corrected chi connectivity index (χ2v) is 5.90. The summed E-state index contributed by atoms with van der Waals surface area (Å²) < 4.78 is 61.7. The van der Waals surface area contributed by atoms with E-state index in [0.717, 1.165) is 6.07 Å². The Morgan fingerprint density at radius 2 is 1.95 bits per heavy atom. The van der Waals surface area contributed by atoms with Crippen molar-refractivity contribution < 1.29 is 31.5 Å². The highest BCUT2D eigenvalue weighted by Crippen LogP contribution is 2.22. The monoisotopic (exact) mass is 376 g/mol. The maximum absolute atomic E-state index is 11.9. The van der Waals surface area contributed by atoms with E-state index in [-0.39, 0.29) is 15.7 Å². The predicted molar refractivity (Wildman–Crippen MR) is 67.7 cm³/mol. The molecular formula is C9H8BrF3N2O4S. The van der Waals surface area contributed by atoms with Crippen molar-refractivity contribution in [2.75, 3.05) is 11.3 Å². The zero-order valence-corrected chi connectivity index (χ0v) is 11.9. The van der Waals surface area contributed by atoms with Crippen LogP contribution in [0.25, 0.3) is 0 Å². The Labute approximate surface area is 120 Å². The number of benzene rings is 1. The van der Waals surface area contributed by atoms with Gasteiger partial charge in [-0.1, -0.05) is 0 Å². The number of carboxylic acids is 1. The van der Waals surface area contributed by atoms with Gasteiger partial charge >= 0.3 is 12.1 Å². The van der Waals surface area contributed by atoms with Gasteiger partial charge in [-0.3, -0.25) is 4.72 Å². The number of rotatable bonds is 5. The van der Waals surface area contributed by atoms with Crippen molar-refractivity contribution in [3.8, 4) is 0 Å². The summed E-state index contributed by atoms with van der Waals surface area (Å²) in [5.41, 5.74) is -0.415. The van der Waals surface area contributed by atoms with Crippen LogP contribution in [-0.4, -0.2) is 32.2 Å². The molecule has 0 bridgehead atoms. The van der Waals surface area contributed by atoms with Crippen molar-refractivity contribution in [3.63, 3.8) is 0 Å². The van der Waals surface area contributed by atoms with E-state index in [2.05, 4.69) is 15.9 Å². The molecule has 3 N–H and O–H groups in total. The lowest BCUT2D eigenvalue weighted by Crippen LogP contribution is -2.37. The molecule has 0 unspecified atom stereocenters. The maximum Gasteiger partial charge on any atom is 0.402 e. The molecule has 6 nitrogen and oxygen atoms in total. The first-order valence-corrected chi connectivity index (χ1v) is 7.15. The van der Waals surface area contributed by atoms with E-state index in [4.69, 9.17) is 5.11 Å². The molecule has 0 aliphatic carbocycles. The molecule has 1 rings (SSSR count). The summed E-state index contributed by atoms with van der Waals surface area (Å²) in [5, 5.41) is 8.83. The number of aromatic carboxylic acids is 1. The lowest BCUT2D eigenvalue weighted by Gasteiger charge is -2.11. The highest BCUT2D eigenvalue weighted by Gasteiger charge is 2.29. The lowest BCUT2D eigenvalue weighted by atomic mass is 10.2. The highest BCUT2D eigenvalue weighted by atomic mass is 79.9. The summed E-state index contributed by atoms with van der Waals surface area (Å²) in [6.07, 6.45) is -4.69. The minimum Gasteiger partial charge on any atom is -0.478 e. The second kappa shape index (κ2) is 5.97. The smallest absolute Gasteiger partial charge is 0.402 e. The quantitative estimate of drug-likeness (QED) is 0.731. The van der Waals surface area contributed by atoms with E-state index in [0.29, 0.717) is 0 Å². The van der Waals surface area contributed by atoms with Gasteiger partial charge in [0.25, 0.3) is 10.2 Å². The van der Waals surface area contributed by atoms with E-state index in [1.807, 2.05) is 0 Å². The van der Waals surface area contributed by atoms with E-state index < -0.39 is 28.9 Å². The molecule has 0 aliphatic rings. The third-order valence-corrected chi connectivity index (χ3v) is 3.63. The van der Waals surface area contributed by atoms with Crippen LogP contribution in [-0.2, 0) is 10.2 Å². The number of nitrogens with one attached hydrogen (secondary N) is 2. The summed E-state index contributed by atoms with van der Waals surface area (Å²) >= 11 is 2.95. The third kappa shape index (κ3) is 5.35. The fourth-order valence-corrected chi connectivity index (χ4v) is 2.40. The largest absolute Gasteiger partial charge is 0.478 e. The Morgan fingerprint density at radius 1 is 1.35 bits per heavy atom. The number of anilines is 1. The normalized spacial score (nSPS) is 12.2. The second-order valence-electron chi connectivity index (χ2n) is 3.54. The van der Waals surface area contributed by atoms with Crippen LogP contribution >= 0.6 is 15.9 Å². The highest BCUT2D eigenvalue weighted by molar-refractivity contribution is 9.10. The van der Waals surface area contributed by atoms with Crippen molar-refractivity contribution in [1.82, 2.24) is 4.72 Å². The van der Waals surface area contributed by atoms with E-state index >= 15 is 0 Å². The van der Waals surface area contributed by atoms with Crippen LogP contribution in [0, 0.1) is 0 Å². The van der Waals surface area contributed by atoms with E-state index in [1.165, 1.54) is 16.9 Å². The van der Waals surface area contributed by atoms with Gasteiger partial charge in [0.15, 0.2) is 0 Å². The van der Waals surface area contributed by atoms with Gasteiger partial charge in [0.2, 0.25) is 0 Å². The Morgan fingerprint density at radius 3 is 2.45 bits per heavy atom. The Hall–Kier alpha value is -1.33. The summed E-state index contributed by atoms with van der Waals surface area (Å²) in [6.45, 7) is -1.73. The summed E-state index contributed by atoms with van der Waals surface area (Å²) in [7, 11) is -4.45. The molecule has 11 heteroatoms. The van der Waals surface area contributed by atoms with Gasteiger partial charge in [0, 0.05) is 4.47 Å². The molecule has 1 aromatic carbocycles. The summed E-state index contributed by atoms with van der Waals surface area (Å²) in [5.74, 6) is -1.32. The topological polar surface area (TPSA) is 95.5 Å². The zero-order chi connectivity index (χ0) is 15.6. The van der Waals surface area contributed by atoms with Crippen molar-refractivity contribution in [1.29, 1.82) is 0 Å². The Balaban J connectivity index is 2.88. The van der Waals surface area contributed by atoms with Gasteiger partial charge in [0.1, 0.15) is 6.54 Å². The van der Waals surface area contributed by atoms with Crippen LogP contribution in [0.15, 0.2) is 22.7 Å². The van der Waals surface area contributed by atoms with Crippen LogP contribution < -0.4 is 9.44 Å². The zero-order valence-electron chi connectivity index (χ0n) is 9.53. The maximum atomic E-state index is 11.9. The average Bonchev–Trinajstić information content (AvgIpc) is 2.28. The molecule has 0 fully saturated rings. The van der Waals surface area contributed by atoms with Crippen LogP contribution in [0.4, 0.5) is 18.9 Å². The fraction of sp³-hybridized carbons (Fsp3) is 0.222. The number of hydrogen-bond donors (Lipinski definition) is 3. The fourth-order valence-electron chi connectivity index (χ4n) is 1.12. The van der Waals surface area contributed by atoms with Gasteiger partial charge in [-0.2, -0.15) is 26.3 Å². The molecule has 0 aromatic heterocycles. The number of carboxylic acid groups (broad SMARTS) is 1. The number of alkyl halides is 3. The van der Waals surface area contributed by atoms with E-state index in [1.54, 1.807) is 4.72 Å². The lowest BCUT2D eigenvalue weighted by molar-refractivity contribution is -0.121. The van der Waals surface area contributed by atoms with Crippen LogP contribution in [0.3, 0.4) is 0 Å². The average molecular weight is 377 g/mol. The number of halogens is 4. The molecular weight excluding hydrogens is 369 g/mol. The molecule has 0 spiro atoms. The molecule has 0 saturated heterocycles. The molecule has 1 aromatic rings. The minimum absolute atomic E-state index is 0.180. The molecule has 0 heterocycles. The van der Waals surface area contributed by atoms with Crippen molar-refractivity contribution in [2.24, 2.45) is 0 Å². The first-order chi connectivity index (χ1) is 9.00.